The molecule has 0 bridgehead atoms. The zero-order valence-electron chi connectivity index (χ0n) is 44.7. The maximum Gasteiger partial charge on any atom is 0.348 e. The summed E-state index contributed by atoms with van der Waals surface area (Å²) < 4.78 is 11.1. The van der Waals surface area contributed by atoms with Gasteiger partial charge >= 0.3 is 11.9 Å². The van der Waals surface area contributed by atoms with Gasteiger partial charge in [0, 0.05) is 75.6 Å². The highest BCUT2D eigenvalue weighted by Gasteiger charge is 2.20. The van der Waals surface area contributed by atoms with Crippen LogP contribution in [0.3, 0.4) is 0 Å². The molecule has 0 saturated heterocycles. The Morgan fingerprint density at radius 1 is 0.443 bits per heavy atom. The fraction of sp³-hybridized carbons (Fsp3) is 0.242. The number of nitrogens with zero attached hydrogens (tertiary/aromatic N) is 3. The van der Waals surface area contributed by atoms with Gasteiger partial charge in [-0.1, -0.05) is 109 Å². The van der Waals surface area contributed by atoms with E-state index in [9.17, 15) is 20.1 Å². The van der Waals surface area contributed by atoms with E-state index in [0.717, 1.165) is 109 Å². The van der Waals surface area contributed by atoms with E-state index >= 15 is 0 Å². The molecule has 400 valence electrons. The minimum atomic E-state index is -0.556. The van der Waals surface area contributed by atoms with Gasteiger partial charge in [0.2, 0.25) is 0 Å². The molecule has 7 nitrogen and oxygen atoms in total. The fourth-order valence-corrected chi connectivity index (χ4v) is 15.4. The minimum absolute atomic E-state index is 0.0250. The maximum absolute atomic E-state index is 12.8. The van der Waals surface area contributed by atoms with Gasteiger partial charge in [-0.05, 0) is 157 Å². The SMILES string of the molecule is CCCCC(CC)COC(=O)/C(C#N)=C/c1ccc(-c2ccc(-c3ccc(-c4ccc(N(c5ccccc5)c5ccc(-c6ccc(-c7ccc(-c8ccc(/C=C(\C#N)C(=O)OCC(CC)CCCC)s8)s7)s6)cc5)cc4)s3)s2)s1. The van der Waals surface area contributed by atoms with Crippen molar-refractivity contribution in [3.05, 3.63) is 173 Å². The third-order valence-electron chi connectivity index (χ3n) is 13.7. The molecule has 0 spiro atoms. The van der Waals surface area contributed by atoms with Crippen LogP contribution >= 0.6 is 68.0 Å². The van der Waals surface area contributed by atoms with Gasteiger partial charge in [0.05, 0.1) is 13.2 Å². The van der Waals surface area contributed by atoms with Gasteiger partial charge in [-0.15, -0.1) is 68.0 Å². The second-order valence-corrected chi connectivity index (χ2v) is 25.8. The highest BCUT2D eigenvalue weighted by Crippen LogP contribution is 2.45. The van der Waals surface area contributed by atoms with Crippen molar-refractivity contribution in [3.8, 4) is 72.0 Å². The van der Waals surface area contributed by atoms with Crippen LogP contribution in [0.4, 0.5) is 17.1 Å². The number of ether oxygens (including phenoxy) is 2. The van der Waals surface area contributed by atoms with Gasteiger partial charge in [-0.2, -0.15) is 10.5 Å². The number of hydrogen-bond donors (Lipinski definition) is 0. The number of anilines is 3. The van der Waals surface area contributed by atoms with Crippen LogP contribution in [0, 0.1) is 34.5 Å². The normalized spacial score (nSPS) is 12.4. The van der Waals surface area contributed by atoms with E-state index in [1.807, 2.05) is 18.2 Å². The maximum atomic E-state index is 12.8. The van der Waals surface area contributed by atoms with Crippen LogP contribution in [-0.4, -0.2) is 25.2 Å². The molecule has 0 radical (unpaired) electrons. The first-order valence-electron chi connectivity index (χ1n) is 26.9. The van der Waals surface area contributed by atoms with Gasteiger partial charge in [0.25, 0.3) is 0 Å². The third kappa shape index (κ3) is 14.5. The molecule has 0 fully saturated rings. The lowest BCUT2D eigenvalue weighted by molar-refractivity contribution is -0.140. The number of nitriles is 2. The molecule has 0 aliphatic carbocycles. The quantitative estimate of drug-likeness (QED) is 0.0319. The van der Waals surface area contributed by atoms with Crippen LogP contribution in [-0.2, 0) is 19.1 Å². The van der Waals surface area contributed by atoms with Gasteiger partial charge in [0.15, 0.2) is 0 Å². The summed E-state index contributed by atoms with van der Waals surface area (Å²) in [5.74, 6) is -0.486. The summed E-state index contributed by atoms with van der Waals surface area (Å²) >= 11 is 10.2. The molecule has 9 rings (SSSR count). The summed E-state index contributed by atoms with van der Waals surface area (Å²) in [4.78, 5) is 41.2. The molecular weight excluding hydrogens is 1090 g/mol. The summed E-state index contributed by atoms with van der Waals surface area (Å²) in [6.07, 6.45) is 11.6. The molecule has 0 aliphatic rings. The lowest BCUT2D eigenvalue weighted by Gasteiger charge is -2.25. The van der Waals surface area contributed by atoms with E-state index in [1.165, 1.54) is 29.3 Å². The fourth-order valence-electron chi connectivity index (χ4n) is 9.05. The number of hydrogen-bond acceptors (Lipinski definition) is 13. The smallest absolute Gasteiger partial charge is 0.348 e. The molecule has 0 N–H and O–H groups in total. The first kappa shape index (κ1) is 56.8. The van der Waals surface area contributed by atoms with Crippen molar-refractivity contribution in [2.45, 2.75) is 79.1 Å². The van der Waals surface area contributed by atoms with Crippen molar-refractivity contribution in [1.82, 2.24) is 0 Å². The molecule has 6 heterocycles. The van der Waals surface area contributed by atoms with Crippen molar-refractivity contribution in [2.24, 2.45) is 11.8 Å². The Bertz CT molecular complexity index is 3390. The van der Waals surface area contributed by atoms with Crippen LogP contribution in [0.15, 0.2) is 163 Å². The van der Waals surface area contributed by atoms with E-state index < -0.39 is 11.9 Å². The zero-order valence-corrected chi connectivity index (χ0v) is 49.6. The predicted molar refractivity (Wildman–Crippen MR) is 337 cm³/mol. The van der Waals surface area contributed by atoms with Crippen LogP contribution in [0.5, 0.6) is 0 Å². The van der Waals surface area contributed by atoms with Crippen LogP contribution in [0.2, 0.25) is 0 Å². The summed E-state index contributed by atoms with van der Waals surface area (Å²) in [7, 11) is 0. The Morgan fingerprint density at radius 3 is 1.13 bits per heavy atom. The molecule has 6 aromatic heterocycles. The average Bonchev–Trinajstić information content (AvgIpc) is 4.41. The molecule has 0 saturated carbocycles. The predicted octanol–water partition coefficient (Wildman–Crippen LogP) is 20.9. The van der Waals surface area contributed by atoms with Crippen molar-refractivity contribution in [1.29, 1.82) is 10.5 Å². The summed E-state index contributed by atoms with van der Waals surface area (Å²) in [6.45, 7) is 9.22. The molecular formula is C66H61N3O4S6. The number of benzene rings is 3. The highest BCUT2D eigenvalue weighted by molar-refractivity contribution is 7.28. The lowest BCUT2D eigenvalue weighted by atomic mass is 10.0. The second kappa shape index (κ2) is 27.8. The Balaban J connectivity index is 0.839. The summed E-state index contributed by atoms with van der Waals surface area (Å²) in [6, 6.07) is 57.6. The molecule has 13 heteroatoms. The van der Waals surface area contributed by atoms with Crippen molar-refractivity contribution < 1.29 is 19.1 Å². The molecule has 0 amide bonds. The number of esters is 2. The first-order chi connectivity index (χ1) is 38.7. The molecule has 9 aromatic rings. The summed E-state index contributed by atoms with van der Waals surface area (Å²) in [5.41, 5.74) is 5.55. The van der Waals surface area contributed by atoms with Crippen molar-refractivity contribution in [2.75, 3.05) is 18.1 Å². The molecule has 0 aliphatic heterocycles. The Labute approximate surface area is 488 Å². The molecule has 3 aromatic carbocycles. The molecule has 2 unspecified atom stereocenters. The van der Waals surface area contributed by atoms with E-state index in [0.29, 0.717) is 25.0 Å². The van der Waals surface area contributed by atoms with E-state index in [1.54, 1.807) is 80.2 Å². The van der Waals surface area contributed by atoms with Gasteiger partial charge in [-0.25, -0.2) is 9.59 Å². The van der Waals surface area contributed by atoms with E-state index in [4.69, 9.17) is 9.47 Å². The zero-order chi connectivity index (χ0) is 55.1. The standard InChI is InChI=1S/C66H61N3O4S6/c1-5-9-14-44(7-3)42-72-65(70)48(40-67)38-53-26-28-57(74-53)59-34-36-63(78-59)61-32-30-55(76-61)46-18-22-51(23-19-46)69(50-16-12-11-13-17-50)52-24-20-47(21-25-52)56-31-33-62(77-56)64-37-35-60(79-64)58-29-27-54(75-58)39-49(41-68)66(71)73-43-45(8-4)15-10-6-2/h11-13,16-39,44-45H,5-10,14-15,42-43H2,1-4H3/b48-38+,49-39+. The number of carbonyl (C=O) groups is 2. The van der Waals surface area contributed by atoms with E-state index in [-0.39, 0.29) is 11.1 Å². The van der Waals surface area contributed by atoms with Crippen LogP contribution in [0.25, 0.3) is 72.1 Å². The van der Waals surface area contributed by atoms with Crippen molar-refractivity contribution >= 4 is 109 Å². The Kier molecular flexibility index (Phi) is 20.0. The molecule has 79 heavy (non-hydrogen) atoms. The first-order valence-corrected chi connectivity index (χ1v) is 31.8. The minimum Gasteiger partial charge on any atom is -0.461 e. The van der Waals surface area contributed by atoms with Gasteiger partial charge in [0.1, 0.15) is 23.3 Å². The lowest BCUT2D eigenvalue weighted by Crippen LogP contribution is -2.14. The van der Waals surface area contributed by atoms with E-state index in [2.05, 4.69) is 178 Å². The number of thiophene rings is 6. The topological polar surface area (TPSA) is 103 Å². The largest absolute Gasteiger partial charge is 0.461 e. The Hall–Kier alpha value is -6.94. The van der Waals surface area contributed by atoms with Gasteiger partial charge < -0.3 is 14.4 Å². The van der Waals surface area contributed by atoms with Crippen LogP contribution in [0.1, 0.15) is 88.8 Å². The van der Waals surface area contributed by atoms with Crippen molar-refractivity contribution in [3.63, 3.8) is 0 Å². The van der Waals surface area contributed by atoms with Crippen LogP contribution < -0.4 is 4.90 Å². The Morgan fingerprint density at radius 2 is 0.772 bits per heavy atom. The monoisotopic (exact) mass is 1150 g/mol. The number of para-hydroxylation sites is 1. The number of unbranched alkanes of at least 4 members (excludes halogenated alkanes) is 2. The number of rotatable bonds is 25. The molecule has 2 atom stereocenters. The van der Waals surface area contributed by atoms with Gasteiger partial charge in [-0.3, -0.25) is 0 Å². The average molecular weight is 1150 g/mol. The summed E-state index contributed by atoms with van der Waals surface area (Å²) in [5, 5.41) is 19.6. The third-order valence-corrected chi connectivity index (χ3v) is 21.0. The highest BCUT2D eigenvalue weighted by atomic mass is 32.1. The second-order valence-electron chi connectivity index (χ2n) is 19.2. The number of carbonyl (C=O) groups excluding carboxylic acids is 2.